The third-order valence-corrected chi connectivity index (χ3v) is 5.45. The second-order valence-corrected chi connectivity index (χ2v) is 6.96. The molecule has 2 heterocycles. The Bertz CT molecular complexity index is 597. The molecule has 1 aromatic heterocycles. The van der Waals surface area contributed by atoms with E-state index in [-0.39, 0.29) is 6.04 Å². The molecule has 1 aliphatic heterocycles. The summed E-state index contributed by atoms with van der Waals surface area (Å²) in [6, 6.07) is 7.45. The molecule has 0 saturated heterocycles. The molecule has 3 nitrogen and oxygen atoms in total. The Morgan fingerprint density at radius 2 is 1.95 bits per heavy atom. The van der Waals surface area contributed by atoms with Crippen LogP contribution < -0.4 is 15.2 Å². The summed E-state index contributed by atoms with van der Waals surface area (Å²) >= 11 is 11.0. The van der Waals surface area contributed by atoms with Crippen molar-refractivity contribution in [2.75, 3.05) is 13.2 Å². The molecule has 0 saturated carbocycles. The van der Waals surface area contributed by atoms with E-state index in [1.807, 2.05) is 24.3 Å². The molecule has 6 heteroatoms. The summed E-state index contributed by atoms with van der Waals surface area (Å²) in [6.45, 7) is 1.16. The molecule has 0 amide bonds. The molecule has 0 spiro atoms. The summed E-state index contributed by atoms with van der Waals surface area (Å²) in [4.78, 5) is 1.01. The highest BCUT2D eigenvalue weighted by Gasteiger charge is 2.18. The Morgan fingerprint density at radius 3 is 2.63 bits per heavy atom. The van der Waals surface area contributed by atoms with Crippen LogP contribution in [0.1, 0.15) is 16.5 Å². The van der Waals surface area contributed by atoms with E-state index in [0.717, 1.165) is 25.7 Å². The van der Waals surface area contributed by atoms with E-state index < -0.39 is 0 Å². The monoisotopic (exact) mass is 359 g/mol. The fourth-order valence-corrected chi connectivity index (χ4v) is 3.71. The van der Waals surface area contributed by atoms with Crippen molar-refractivity contribution in [1.29, 1.82) is 0 Å². The van der Waals surface area contributed by atoms with Gasteiger partial charge in [-0.1, -0.05) is 17.7 Å². The Kier molecular flexibility index (Phi) is 3.71. The maximum atomic E-state index is 6.27. The molecule has 19 heavy (non-hydrogen) atoms. The summed E-state index contributed by atoms with van der Waals surface area (Å²) in [5.74, 6) is 1.52. The number of ether oxygens (including phenoxy) is 2. The zero-order chi connectivity index (χ0) is 13.4. The van der Waals surface area contributed by atoms with Crippen molar-refractivity contribution in [2.24, 2.45) is 5.73 Å². The summed E-state index contributed by atoms with van der Waals surface area (Å²) in [5, 5.41) is 0.688. The van der Waals surface area contributed by atoms with Gasteiger partial charge in [0.2, 0.25) is 0 Å². The number of hydrogen-bond acceptors (Lipinski definition) is 4. The maximum Gasteiger partial charge on any atom is 0.161 e. The van der Waals surface area contributed by atoms with Crippen molar-refractivity contribution in [3.8, 4) is 11.5 Å². The minimum atomic E-state index is -0.218. The third kappa shape index (κ3) is 2.60. The quantitative estimate of drug-likeness (QED) is 0.881. The molecule has 1 unspecified atom stereocenters. The highest BCUT2D eigenvalue weighted by atomic mass is 79.9. The lowest BCUT2D eigenvalue weighted by atomic mass is 10.1. The molecule has 1 aromatic carbocycles. The molecule has 100 valence electrons. The number of rotatable bonds is 2. The predicted molar refractivity (Wildman–Crippen MR) is 80.5 cm³/mol. The van der Waals surface area contributed by atoms with E-state index >= 15 is 0 Å². The summed E-state index contributed by atoms with van der Waals surface area (Å²) in [6.07, 6.45) is 0. The third-order valence-electron chi connectivity index (χ3n) is 2.90. The topological polar surface area (TPSA) is 44.5 Å². The smallest absolute Gasteiger partial charge is 0.161 e. The van der Waals surface area contributed by atoms with Crippen LogP contribution in [-0.2, 0) is 0 Å². The fourth-order valence-electron chi connectivity index (χ4n) is 1.93. The average Bonchev–Trinajstić information content (AvgIpc) is 2.77. The van der Waals surface area contributed by atoms with Crippen molar-refractivity contribution in [3.05, 3.63) is 43.5 Å². The molecule has 0 fully saturated rings. The average molecular weight is 361 g/mol. The highest BCUT2D eigenvalue weighted by molar-refractivity contribution is 9.11. The minimum Gasteiger partial charge on any atom is -0.486 e. The summed E-state index contributed by atoms with van der Waals surface area (Å²) < 4.78 is 12.0. The van der Waals surface area contributed by atoms with Gasteiger partial charge in [-0.05, 0) is 39.7 Å². The van der Waals surface area contributed by atoms with Gasteiger partial charge in [0.05, 0.1) is 14.9 Å². The number of fused-ring (bicyclic) bond motifs is 1. The van der Waals surface area contributed by atoms with Gasteiger partial charge in [-0.3, -0.25) is 0 Å². The Balaban J connectivity index is 1.93. The van der Waals surface area contributed by atoms with Gasteiger partial charge in [0, 0.05) is 4.88 Å². The molecule has 2 aromatic rings. The molecule has 3 rings (SSSR count). The predicted octanol–water partition coefficient (Wildman–Crippen LogP) is 3.98. The van der Waals surface area contributed by atoms with Crippen molar-refractivity contribution in [2.45, 2.75) is 6.04 Å². The first-order valence-corrected chi connectivity index (χ1v) is 7.74. The number of nitrogens with two attached hydrogens (primary N) is 1. The molecular weight excluding hydrogens is 350 g/mol. The van der Waals surface area contributed by atoms with Gasteiger partial charge in [-0.15, -0.1) is 11.3 Å². The Hall–Kier alpha value is -0.750. The van der Waals surface area contributed by atoms with Crippen LogP contribution in [-0.4, -0.2) is 13.2 Å². The van der Waals surface area contributed by atoms with Crippen LogP contribution in [0.4, 0.5) is 0 Å². The van der Waals surface area contributed by atoms with Crippen molar-refractivity contribution < 1.29 is 9.47 Å². The lowest BCUT2D eigenvalue weighted by Crippen LogP contribution is -2.16. The maximum absolute atomic E-state index is 6.27. The van der Waals surface area contributed by atoms with Crippen LogP contribution in [0.5, 0.6) is 11.5 Å². The molecule has 1 atom stereocenters. The second-order valence-electron chi connectivity index (χ2n) is 4.15. The lowest BCUT2D eigenvalue weighted by Gasteiger charge is -2.20. The number of halogens is 2. The van der Waals surface area contributed by atoms with Crippen LogP contribution in [0.3, 0.4) is 0 Å². The van der Waals surface area contributed by atoms with Crippen LogP contribution in [0.2, 0.25) is 5.02 Å². The van der Waals surface area contributed by atoms with Crippen LogP contribution in [0.15, 0.2) is 28.1 Å². The van der Waals surface area contributed by atoms with Crippen LogP contribution >= 0.6 is 38.9 Å². The first kappa shape index (κ1) is 13.2. The minimum absolute atomic E-state index is 0.218. The Morgan fingerprint density at radius 1 is 1.21 bits per heavy atom. The lowest BCUT2D eigenvalue weighted by molar-refractivity contribution is 0.171. The number of hydrogen-bond donors (Lipinski definition) is 1. The molecule has 0 bridgehead atoms. The molecular formula is C13H11BrClNO2S. The highest BCUT2D eigenvalue weighted by Crippen LogP contribution is 2.38. The van der Waals surface area contributed by atoms with Gasteiger partial charge < -0.3 is 15.2 Å². The van der Waals surface area contributed by atoms with Gasteiger partial charge >= 0.3 is 0 Å². The summed E-state index contributed by atoms with van der Waals surface area (Å²) in [7, 11) is 0. The number of thiophene rings is 1. The largest absolute Gasteiger partial charge is 0.486 e. The SMILES string of the molecule is NC(c1ccc2c(c1)OCCO2)c1cc(Cl)c(Br)s1. The first-order chi connectivity index (χ1) is 9.15. The van der Waals surface area contributed by atoms with Crippen molar-refractivity contribution >= 4 is 38.9 Å². The number of benzene rings is 1. The van der Waals surface area contributed by atoms with Gasteiger partial charge in [0.25, 0.3) is 0 Å². The van der Waals surface area contributed by atoms with Gasteiger partial charge in [-0.25, -0.2) is 0 Å². The van der Waals surface area contributed by atoms with E-state index in [0.29, 0.717) is 18.2 Å². The normalized spacial score (nSPS) is 15.3. The molecule has 2 N–H and O–H groups in total. The zero-order valence-electron chi connectivity index (χ0n) is 9.86. The second kappa shape index (κ2) is 5.32. The van der Waals surface area contributed by atoms with E-state index in [9.17, 15) is 0 Å². The fraction of sp³-hybridized carbons (Fsp3) is 0.231. The molecule has 0 aliphatic carbocycles. The molecule has 1 aliphatic rings. The zero-order valence-corrected chi connectivity index (χ0v) is 13.0. The first-order valence-electron chi connectivity index (χ1n) is 5.75. The standard InChI is InChI=1S/C13H11BrClNO2S/c14-13-8(15)6-11(19-13)12(16)7-1-2-9-10(5-7)18-4-3-17-9/h1-2,5-6,12H,3-4,16H2. The van der Waals surface area contributed by atoms with E-state index in [1.165, 1.54) is 0 Å². The van der Waals surface area contributed by atoms with Crippen LogP contribution in [0, 0.1) is 0 Å². The van der Waals surface area contributed by atoms with Crippen molar-refractivity contribution in [3.63, 3.8) is 0 Å². The van der Waals surface area contributed by atoms with E-state index in [4.69, 9.17) is 26.8 Å². The van der Waals surface area contributed by atoms with Crippen LogP contribution in [0.25, 0.3) is 0 Å². The van der Waals surface area contributed by atoms with Crippen molar-refractivity contribution in [1.82, 2.24) is 0 Å². The summed E-state index contributed by atoms with van der Waals surface area (Å²) in [5.41, 5.74) is 7.25. The molecule has 0 radical (unpaired) electrons. The van der Waals surface area contributed by atoms with E-state index in [1.54, 1.807) is 11.3 Å². The van der Waals surface area contributed by atoms with Gasteiger partial charge in [-0.2, -0.15) is 0 Å². The van der Waals surface area contributed by atoms with Gasteiger partial charge in [0.15, 0.2) is 11.5 Å². The Labute approximate surface area is 128 Å². The van der Waals surface area contributed by atoms with Gasteiger partial charge in [0.1, 0.15) is 13.2 Å². The van der Waals surface area contributed by atoms with E-state index in [2.05, 4.69) is 15.9 Å².